The summed E-state index contributed by atoms with van der Waals surface area (Å²) in [6.07, 6.45) is 1.13. The molecule has 2 aromatic rings. The zero-order valence-corrected chi connectivity index (χ0v) is 14.3. The van der Waals surface area contributed by atoms with Crippen molar-refractivity contribution >= 4 is 29.7 Å². The number of nitrogens with one attached hydrogen (secondary N) is 1. The number of anilines is 1. The van der Waals surface area contributed by atoms with Gasteiger partial charge in [0.05, 0.1) is 11.9 Å². The van der Waals surface area contributed by atoms with Crippen molar-refractivity contribution in [2.24, 2.45) is 0 Å². The molecule has 3 rings (SSSR count). The van der Waals surface area contributed by atoms with Gasteiger partial charge in [-0.15, -0.1) is 12.4 Å². The van der Waals surface area contributed by atoms with Crippen LogP contribution in [-0.4, -0.2) is 31.2 Å². The fourth-order valence-corrected chi connectivity index (χ4v) is 2.59. The molecule has 0 unspecified atom stereocenters. The Hall–Kier alpha value is -1.63. The lowest BCUT2D eigenvalue weighted by Gasteiger charge is -2.29. The van der Waals surface area contributed by atoms with Crippen LogP contribution in [0.25, 0.3) is 0 Å². The smallest absolute Gasteiger partial charge is 0.215 e. The Morgan fingerprint density at radius 2 is 1.92 bits per heavy atom. The largest absolute Gasteiger partial charge is 0.473 e. The highest BCUT2D eigenvalue weighted by Crippen LogP contribution is 2.24. The lowest BCUT2D eigenvalue weighted by molar-refractivity contribution is 0.287. The molecular formula is C16H17Cl2F2N3O. The summed E-state index contributed by atoms with van der Waals surface area (Å²) < 4.78 is 33.2. The molecule has 0 aliphatic carbocycles. The van der Waals surface area contributed by atoms with E-state index < -0.39 is 11.6 Å². The average molecular weight is 376 g/mol. The topological polar surface area (TPSA) is 37.4 Å². The molecule has 1 aromatic heterocycles. The van der Waals surface area contributed by atoms with Crippen LogP contribution in [0.4, 0.5) is 14.5 Å². The summed E-state index contributed by atoms with van der Waals surface area (Å²) in [5, 5.41) is 3.54. The number of pyridine rings is 1. The van der Waals surface area contributed by atoms with Gasteiger partial charge < -0.3 is 15.0 Å². The highest BCUT2D eigenvalue weighted by Gasteiger charge is 2.16. The van der Waals surface area contributed by atoms with Gasteiger partial charge in [0, 0.05) is 42.8 Å². The van der Waals surface area contributed by atoms with E-state index in [0.717, 1.165) is 19.3 Å². The van der Waals surface area contributed by atoms with E-state index in [1.54, 1.807) is 18.2 Å². The normalized spacial score (nSPS) is 14.2. The van der Waals surface area contributed by atoms with Gasteiger partial charge >= 0.3 is 0 Å². The third kappa shape index (κ3) is 4.47. The molecule has 1 saturated heterocycles. The Kier molecular flexibility index (Phi) is 6.60. The SMILES string of the molecule is Cl.Fc1cc(Cl)ccc1COc1cc(N2CCNCC2)c(F)cn1. The number of halogens is 4. The van der Waals surface area contributed by atoms with Crippen LogP contribution in [-0.2, 0) is 6.61 Å². The van der Waals surface area contributed by atoms with Gasteiger partial charge in [-0.2, -0.15) is 0 Å². The molecule has 130 valence electrons. The molecule has 0 saturated carbocycles. The molecule has 1 aliphatic heterocycles. The van der Waals surface area contributed by atoms with Crippen LogP contribution < -0.4 is 15.0 Å². The third-order valence-electron chi connectivity index (χ3n) is 3.66. The molecule has 1 N–H and O–H groups in total. The second-order valence-electron chi connectivity index (χ2n) is 5.24. The van der Waals surface area contributed by atoms with Gasteiger partial charge in [-0.05, 0) is 12.1 Å². The molecule has 1 aromatic carbocycles. The summed E-state index contributed by atoms with van der Waals surface area (Å²) in [4.78, 5) is 5.84. The lowest BCUT2D eigenvalue weighted by Crippen LogP contribution is -2.43. The third-order valence-corrected chi connectivity index (χ3v) is 3.89. The van der Waals surface area contributed by atoms with Gasteiger partial charge in [0.15, 0.2) is 5.82 Å². The van der Waals surface area contributed by atoms with Gasteiger partial charge in [0.2, 0.25) is 5.88 Å². The van der Waals surface area contributed by atoms with Crippen molar-refractivity contribution in [1.82, 2.24) is 10.3 Å². The molecule has 0 spiro atoms. The molecule has 1 fully saturated rings. The summed E-state index contributed by atoms with van der Waals surface area (Å²) >= 11 is 5.71. The van der Waals surface area contributed by atoms with E-state index in [9.17, 15) is 8.78 Å². The van der Waals surface area contributed by atoms with Crippen molar-refractivity contribution in [2.75, 3.05) is 31.1 Å². The highest BCUT2D eigenvalue weighted by atomic mass is 35.5. The Morgan fingerprint density at radius 1 is 1.17 bits per heavy atom. The van der Waals surface area contributed by atoms with Crippen LogP contribution in [0.5, 0.6) is 5.88 Å². The highest BCUT2D eigenvalue weighted by molar-refractivity contribution is 6.30. The Labute approximate surface area is 150 Å². The van der Waals surface area contributed by atoms with Crippen LogP contribution >= 0.6 is 24.0 Å². The lowest BCUT2D eigenvalue weighted by atomic mass is 10.2. The fraction of sp³-hybridized carbons (Fsp3) is 0.312. The Morgan fingerprint density at radius 3 is 2.62 bits per heavy atom. The van der Waals surface area contributed by atoms with E-state index in [-0.39, 0.29) is 24.9 Å². The predicted octanol–water partition coefficient (Wildman–Crippen LogP) is 3.42. The first-order valence-electron chi connectivity index (χ1n) is 7.31. The van der Waals surface area contributed by atoms with Crippen LogP contribution in [0.2, 0.25) is 5.02 Å². The zero-order valence-electron chi connectivity index (χ0n) is 12.8. The van der Waals surface area contributed by atoms with Crippen molar-refractivity contribution in [3.05, 3.63) is 52.7 Å². The van der Waals surface area contributed by atoms with Gasteiger partial charge in [-0.1, -0.05) is 17.7 Å². The average Bonchev–Trinajstić information content (AvgIpc) is 2.56. The van der Waals surface area contributed by atoms with Crippen molar-refractivity contribution in [3.63, 3.8) is 0 Å². The first-order valence-corrected chi connectivity index (χ1v) is 7.69. The molecule has 2 heterocycles. The zero-order chi connectivity index (χ0) is 16.2. The van der Waals surface area contributed by atoms with Crippen LogP contribution in [0.15, 0.2) is 30.5 Å². The maximum Gasteiger partial charge on any atom is 0.215 e. The number of piperazine rings is 1. The molecule has 0 atom stereocenters. The quantitative estimate of drug-likeness (QED) is 0.888. The molecule has 0 radical (unpaired) electrons. The van der Waals surface area contributed by atoms with Crippen molar-refractivity contribution in [3.8, 4) is 5.88 Å². The monoisotopic (exact) mass is 375 g/mol. The standard InChI is InChI=1S/C16H16ClF2N3O.ClH/c17-12-2-1-11(13(18)7-12)10-23-16-8-15(14(19)9-21-16)22-5-3-20-4-6-22;/h1-2,7-9,20H,3-6,10H2;1H. The number of aromatic nitrogens is 1. The predicted molar refractivity (Wildman–Crippen MR) is 92.3 cm³/mol. The van der Waals surface area contributed by atoms with Crippen molar-refractivity contribution in [2.45, 2.75) is 6.61 Å². The van der Waals surface area contributed by atoms with Crippen LogP contribution in [0, 0.1) is 11.6 Å². The van der Waals surface area contributed by atoms with E-state index in [0.29, 0.717) is 29.4 Å². The Balaban J connectivity index is 0.00000208. The second-order valence-corrected chi connectivity index (χ2v) is 5.67. The first kappa shape index (κ1) is 18.7. The summed E-state index contributed by atoms with van der Waals surface area (Å²) in [6.45, 7) is 3.03. The molecule has 0 bridgehead atoms. The van der Waals surface area contributed by atoms with E-state index in [1.165, 1.54) is 6.07 Å². The van der Waals surface area contributed by atoms with Crippen LogP contribution in [0.3, 0.4) is 0 Å². The van der Waals surface area contributed by atoms with E-state index in [4.69, 9.17) is 16.3 Å². The van der Waals surface area contributed by atoms with Gasteiger partial charge in [0.25, 0.3) is 0 Å². The van der Waals surface area contributed by atoms with Gasteiger partial charge in [0.1, 0.15) is 12.4 Å². The van der Waals surface area contributed by atoms with E-state index in [1.807, 2.05) is 4.90 Å². The van der Waals surface area contributed by atoms with E-state index >= 15 is 0 Å². The number of rotatable bonds is 4. The maximum absolute atomic E-state index is 14.0. The number of ether oxygens (including phenoxy) is 1. The number of benzene rings is 1. The summed E-state index contributed by atoms with van der Waals surface area (Å²) in [5.41, 5.74) is 0.817. The number of hydrogen-bond donors (Lipinski definition) is 1. The molecule has 8 heteroatoms. The molecule has 4 nitrogen and oxygen atoms in total. The fourth-order valence-electron chi connectivity index (χ4n) is 2.43. The minimum Gasteiger partial charge on any atom is -0.473 e. The molecular weight excluding hydrogens is 359 g/mol. The number of nitrogens with zero attached hydrogens (tertiary/aromatic N) is 2. The molecule has 0 amide bonds. The molecule has 1 aliphatic rings. The van der Waals surface area contributed by atoms with Crippen molar-refractivity contribution in [1.29, 1.82) is 0 Å². The van der Waals surface area contributed by atoms with Crippen molar-refractivity contribution < 1.29 is 13.5 Å². The minimum atomic E-state index is -0.443. The number of hydrogen-bond acceptors (Lipinski definition) is 4. The maximum atomic E-state index is 14.0. The minimum absolute atomic E-state index is 0. The summed E-state index contributed by atoms with van der Waals surface area (Å²) in [7, 11) is 0. The van der Waals surface area contributed by atoms with Gasteiger partial charge in [-0.25, -0.2) is 13.8 Å². The summed E-state index contributed by atoms with van der Waals surface area (Å²) in [5.74, 6) is -0.576. The van der Waals surface area contributed by atoms with Crippen LogP contribution in [0.1, 0.15) is 5.56 Å². The van der Waals surface area contributed by atoms with E-state index in [2.05, 4.69) is 10.3 Å². The van der Waals surface area contributed by atoms with Gasteiger partial charge in [-0.3, -0.25) is 0 Å². The summed E-state index contributed by atoms with van der Waals surface area (Å²) in [6, 6.07) is 5.92. The molecule has 24 heavy (non-hydrogen) atoms. The Bertz CT molecular complexity index is 697. The first-order chi connectivity index (χ1) is 11.1. The second kappa shape index (κ2) is 8.46.